The van der Waals surface area contributed by atoms with Crippen molar-refractivity contribution in [3.05, 3.63) is 76.8 Å². The quantitative estimate of drug-likeness (QED) is 0.503. The number of carbonyl (C=O) groups excluding carboxylic acids is 2. The molecule has 0 heterocycles. The van der Waals surface area contributed by atoms with Crippen LogP contribution in [0.3, 0.4) is 0 Å². The summed E-state index contributed by atoms with van der Waals surface area (Å²) in [6, 6.07) is 17.1. The Labute approximate surface area is 191 Å². The number of ether oxygens (including phenoxy) is 3. The van der Waals surface area contributed by atoms with Crippen molar-refractivity contribution in [2.45, 2.75) is 6.92 Å². The average Bonchev–Trinajstić information content (AvgIpc) is 2.79. The van der Waals surface area contributed by atoms with Gasteiger partial charge < -0.3 is 24.8 Å². The van der Waals surface area contributed by atoms with E-state index in [2.05, 4.69) is 10.6 Å². The van der Waals surface area contributed by atoms with Crippen LogP contribution in [0.25, 0.3) is 0 Å². The highest BCUT2D eigenvalue weighted by atomic mass is 35.5. The van der Waals surface area contributed by atoms with Crippen LogP contribution in [-0.2, 0) is 4.79 Å². The number of methoxy groups -OCH3 is 2. The molecule has 3 aromatic rings. The standard InChI is InChI=1S/C24H23ClN2O5/c1-15-11-17(25)9-10-20(15)32-14-23(28)26-18-12-22(31-3)19(13-21(18)30-2)27-24(29)16-7-5-4-6-8-16/h4-13H,14H2,1-3H3,(H,26,28)(H,27,29). The van der Waals surface area contributed by atoms with Crippen LogP contribution >= 0.6 is 11.6 Å². The number of halogens is 1. The average molecular weight is 455 g/mol. The Morgan fingerprint density at radius 3 is 2.06 bits per heavy atom. The van der Waals surface area contributed by atoms with Crippen molar-refractivity contribution in [3.8, 4) is 17.2 Å². The van der Waals surface area contributed by atoms with Gasteiger partial charge in [0, 0.05) is 22.7 Å². The van der Waals surface area contributed by atoms with Gasteiger partial charge in [-0.1, -0.05) is 29.8 Å². The van der Waals surface area contributed by atoms with E-state index < -0.39 is 0 Å². The fourth-order valence-electron chi connectivity index (χ4n) is 2.98. The smallest absolute Gasteiger partial charge is 0.262 e. The summed E-state index contributed by atoms with van der Waals surface area (Å²) in [5.74, 6) is 0.591. The highest BCUT2D eigenvalue weighted by Gasteiger charge is 2.16. The third-order valence-electron chi connectivity index (χ3n) is 4.58. The second kappa shape index (κ2) is 10.5. The largest absolute Gasteiger partial charge is 0.494 e. The molecule has 0 saturated heterocycles. The summed E-state index contributed by atoms with van der Waals surface area (Å²) >= 11 is 5.94. The van der Waals surface area contributed by atoms with Crippen molar-refractivity contribution in [2.75, 3.05) is 31.5 Å². The lowest BCUT2D eigenvalue weighted by Gasteiger charge is -2.16. The van der Waals surface area contributed by atoms with Crippen LogP contribution in [0.15, 0.2) is 60.7 Å². The van der Waals surface area contributed by atoms with Crippen LogP contribution in [0.4, 0.5) is 11.4 Å². The zero-order valence-electron chi connectivity index (χ0n) is 17.9. The Kier molecular flexibility index (Phi) is 7.57. The molecule has 7 nitrogen and oxygen atoms in total. The summed E-state index contributed by atoms with van der Waals surface area (Å²) in [4.78, 5) is 25.0. The van der Waals surface area contributed by atoms with E-state index in [0.29, 0.717) is 39.2 Å². The molecule has 0 saturated carbocycles. The van der Waals surface area contributed by atoms with Crippen LogP contribution in [0.1, 0.15) is 15.9 Å². The van der Waals surface area contributed by atoms with Gasteiger partial charge in [0.1, 0.15) is 17.2 Å². The Bertz CT molecular complexity index is 1120. The second-order valence-corrected chi connectivity index (χ2v) is 7.26. The molecule has 3 aromatic carbocycles. The molecular weight excluding hydrogens is 432 g/mol. The summed E-state index contributed by atoms with van der Waals surface area (Å²) < 4.78 is 16.4. The van der Waals surface area contributed by atoms with E-state index in [1.165, 1.54) is 14.2 Å². The molecule has 166 valence electrons. The van der Waals surface area contributed by atoms with Gasteiger partial charge in [0.05, 0.1) is 25.6 Å². The first-order chi connectivity index (χ1) is 15.4. The maximum Gasteiger partial charge on any atom is 0.262 e. The van der Waals surface area contributed by atoms with E-state index in [1.54, 1.807) is 54.6 Å². The zero-order valence-corrected chi connectivity index (χ0v) is 18.7. The Morgan fingerprint density at radius 1 is 0.844 bits per heavy atom. The van der Waals surface area contributed by atoms with Gasteiger partial charge in [-0.25, -0.2) is 0 Å². The molecular formula is C24H23ClN2O5. The van der Waals surface area contributed by atoms with Crippen LogP contribution in [0.2, 0.25) is 5.02 Å². The number of amides is 2. The molecule has 0 unspecified atom stereocenters. The van der Waals surface area contributed by atoms with Gasteiger partial charge >= 0.3 is 0 Å². The molecule has 0 fully saturated rings. The molecule has 3 rings (SSSR count). The van der Waals surface area contributed by atoms with Gasteiger partial charge in [-0.2, -0.15) is 0 Å². The first-order valence-electron chi connectivity index (χ1n) is 9.72. The van der Waals surface area contributed by atoms with Crippen LogP contribution in [0.5, 0.6) is 17.2 Å². The first kappa shape index (κ1) is 23.0. The minimum Gasteiger partial charge on any atom is -0.494 e. The van der Waals surface area contributed by atoms with E-state index in [0.717, 1.165) is 5.56 Å². The van der Waals surface area contributed by atoms with Crippen molar-refractivity contribution < 1.29 is 23.8 Å². The highest BCUT2D eigenvalue weighted by Crippen LogP contribution is 2.36. The van der Waals surface area contributed by atoms with E-state index in [4.69, 9.17) is 25.8 Å². The van der Waals surface area contributed by atoms with Crippen molar-refractivity contribution in [2.24, 2.45) is 0 Å². The number of rotatable bonds is 8. The Balaban J connectivity index is 1.73. The lowest BCUT2D eigenvalue weighted by Crippen LogP contribution is -2.21. The maximum absolute atomic E-state index is 12.5. The van der Waals surface area contributed by atoms with Crippen LogP contribution in [0, 0.1) is 6.92 Å². The fraction of sp³-hybridized carbons (Fsp3) is 0.167. The number of hydrogen-bond donors (Lipinski definition) is 2. The molecule has 0 atom stereocenters. The number of benzene rings is 3. The summed E-state index contributed by atoms with van der Waals surface area (Å²) in [5.41, 5.74) is 2.11. The van der Waals surface area contributed by atoms with Crippen molar-refractivity contribution in [1.82, 2.24) is 0 Å². The van der Waals surface area contributed by atoms with Crippen LogP contribution < -0.4 is 24.8 Å². The molecule has 8 heteroatoms. The highest BCUT2D eigenvalue weighted by molar-refractivity contribution is 6.30. The van der Waals surface area contributed by atoms with E-state index in [1.807, 2.05) is 13.0 Å². The SMILES string of the molecule is COc1cc(NC(=O)c2ccccc2)c(OC)cc1NC(=O)COc1ccc(Cl)cc1C. The van der Waals surface area contributed by atoms with E-state index in [9.17, 15) is 9.59 Å². The molecule has 0 aliphatic carbocycles. The minimum absolute atomic E-state index is 0.208. The predicted molar refractivity (Wildman–Crippen MR) is 124 cm³/mol. The molecule has 0 aromatic heterocycles. The van der Waals surface area contributed by atoms with E-state index >= 15 is 0 Å². The van der Waals surface area contributed by atoms with Crippen molar-refractivity contribution >= 4 is 34.8 Å². The Morgan fingerprint density at radius 2 is 1.47 bits per heavy atom. The number of hydrogen-bond acceptors (Lipinski definition) is 5. The van der Waals surface area contributed by atoms with Gasteiger partial charge in [-0.15, -0.1) is 0 Å². The van der Waals surface area contributed by atoms with Gasteiger partial charge in [-0.05, 0) is 42.8 Å². The molecule has 2 amide bonds. The Hall–Kier alpha value is -3.71. The molecule has 2 N–H and O–H groups in total. The van der Waals surface area contributed by atoms with Crippen molar-refractivity contribution in [3.63, 3.8) is 0 Å². The van der Waals surface area contributed by atoms with Gasteiger partial charge in [0.15, 0.2) is 6.61 Å². The van der Waals surface area contributed by atoms with E-state index in [-0.39, 0.29) is 18.4 Å². The number of carbonyl (C=O) groups is 2. The van der Waals surface area contributed by atoms with Crippen LogP contribution in [-0.4, -0.2) is 32.6 Å². The summed E-state index contributed by atoms with van der Waals surface area (Å²) in [6.07, 6.45) is 0. The lowest BCUT2D eigenvalue weighted by atomic mass is 10.2. The molecule has 0 radical (unpaired) electrons. The molecule has 0 aliphatic heterocycles. The number of nitrogens with one attached hydrogen (secondary N) is 2. The molecule has 0 bridgehead atoms. The monoisotopic (exact) mass is 454 g/mol. The summed E-state index contributed by atoms with van der Waals surface area (Å²) in [5, 5.41) is 6.13. The number of aryl methyl sites for hydroxylation is 1. The second-order valence-electron chi connectivity index (χ2n) is 6.82. The molecule has 0 aliphatic rings. The molecule has 0 spiro atoms. The molecule has 32 heavy (non-hydrogen) atoms. The lowest BCUT2D eigenvalue weighted by molar-refractivity contribution is -0.118. The normalized spacial score (nSPS) is 10.2. The third-order valence-corrected chi connectivity index (χ3v) is 4.81. The van der Waals surface area contributed by atoms with Gasteiger partial charge in [0.25, 0.3) is 11.8 Å². The summed E-state index contributed by atoms with van der Waals surface area (Å²) in [7, 11) is 2.94. The third kappa shape index (κ3) is 5.70. The van der Waals surface area contributed by atoms with Crippen molar-refractivity contribution in [1.29, 1.82) is 0 Å². The fourth-order valence-corrected chi connectivity index (χ4v) is 3.21. The predicted octanol–water partition coefficient (Wildman–Crippen LogP) is 4.94. The summed E-state index contributed by atoms with van der Waals surface area (Å²) in [6.45, 7) is 1.63. The first-order valence-corrected chi connectivity index (χ1v) is 10.1. The topological polar surface area (TPSA) is 85.9 Å². The maximum atomic E-state index is 12.5. The minimum atomic E-state index is -0.388. The van der Waals surface area contributed by atoms with Gasteiger partial charge in [-0.3, -0.25) is 9.59 Å². The van der Waals surface area contributed by atoms with Gasteiger partial charge in [0.2, 0.25) is 0 Å². The zero-order chi connectivity index (χ0) is 23.1. The number of anilines is 2.